The predicted molar refractivity (Wildman–Crippen MR) is 251 cm³/mol. The van der Waals surface area contributed by atoms with Crippen LogP contribution in [0.3, 0.4) is 0 Å². The maximum atomic E-state index is 13.6. The lowest BCUT2D eigenvalue weighted by Gasteiger charge is -2.26. The number of carbonyl (C=O) groups is 2. The predicted octanol–water partition coefficient (Wildman–Crippen LogP) is 13.5. The van der Waals surface area contributed by atoms with Crippen molar-refractivity contribution in [3.63, 3.8) is 0 Å². The van der Waals surface area contributed by atoms with Gasteiger partial charge in [-0.15, -0.1) is 0 Å². The first-order chi connectivity index (χ1) is 30.2. The van der Waals surface area contributed by atoms with E-state index in [1.807, 2.05) is 56.3 Å². The molecule has 0 unspecified atom stereocenters. The quantitative estimate of drug-likeness (QED) is 0.0608. The van der Waals surface area contributed by atoms with E-state index < -0.39 is 11.6 Å². The number of methoxy groups -OCH3 is 1. The lowest BCUT2D eigenvalue weighted by Crippen LogP contribution is -2.41. The van der Waals surface area contributed by atoms with Gasteiger partial charge in [-0.25, -0.2) is 4.79 Å². The van der Waals surface area contributed by atoms with Crippen LogP contribution in [0.5, 0.6) is 34.5 Å². The minimum absolute atomic E-state index is 0.384. The van der Waals surface area contributed by atoms with E-state index in [0.717, 1.165) is 56.2 Å². The van der Waals surface area contributed by atoms with Crippen LogP contribution in [0.25, 0.3) is 11.6 Å². The smallest absolute Gasteiger partial charge is 0.355 e. The average molecular weight is 838 g/mol. The van der Waals surface area contributed by atoms with Crippen LogP contribution in [0, 0.1) is 27.7 Å². The lowest BCUT2D eigenvalue weighted by atomic mass is 9.95. The number of rotatable bonds is 14. The summed E-state index contributed by atoms with van der Waals surface area (Å²) < 4.78 is 28.9. The number of aryl methyl sites for hydroxylation is 4. The molecular weight excluding hydrogens is 787 g/mol. The normalized spacial score (nSPS) is 11.4. The molecule has 7 rings (SSSR count). The first-order valence-corrected chi connectivity index (χ1v) is 20.7. The molecule has 7 aromatic carbocycles. The van der Waals surface area contributed by atoms with Crippen molar-refractivity contribution in [1.82, 2.24) is 0 Å². The monoisotopic (exact) mass is 837 g/mol. The van der Waals surface area contributed by atoms with Gasteiger partial charge in [0.2, 0.25) is 5.60 Å². The van der Waals surface area contributed by atoms with Crippen LogP contribution in [-0.4, -0.2) is 24.6 Å². The molecule has 7 aromatic rings. The Bertz CT molecular complexity index is 2690. The molecule has 0 amide bonds. The molecule has 8 nitrogen and oxygen atoms in total. The Hall–Kier alpha value is -7.58. The number of hydrogen-bond donors (Lipinski definition) is 0. The summed E-state index contributed by atoms with van der Waals surface area (Å²) in [5, 5.41) is 0. The number of hydrogen-bond acceptors (Lipinski definition) is 8. The van der Waals surface area contributed by atoms with Crippen molar-refractivity contribution in [3.8, 4) is 34.5 Å². The van der Waals surface area contributed by atoms with Crippen LogP contribution in [0.4, 0.5) is 17.1 Å². The van der Waals surface area contributed by atoms with Gasteiger partial charge in [0.1, 0.15) is 34.5 Å². The molecule has 0 spiro atoms. The molecule has 0 saturated heterocycles. The van der Waals surface area contributed by atoms with Gasteiger partial charge in [-0.1, -0.05) is 71.8 Å². The Morgan fingerprint density at radius 3 is 1.43 bits per heavy atom. The Morgan fingerprint density at radius 1 is 0.524 bits per heavy atom. The van der Waals surface area contributed by atoms with Gasteiger partial charge < -0.3 is 28.6 Å². The number of carbonyl (C=O) groups excluding carboxylic acids is 2. The van der Waals surface area contributed by atoms with Crippen molar-refractivity contribution >= 4 is 40.6 Å². The highest BCUT2D eigenvalue weighted by Crippen LogP contribution is 2.37. The van der Waals surface area contributed by atoms with Crippen molar-refractivity contribution < 1.29 is 33.3 Å². The second-order valence-corrected chi connectivity index (χ2v) is 16.0. The van der Waals surface area contributed by atoms with E-state index in [0.29, 0.717) is 28.7 Å². The molecule has 0 bridgehead atoms. The zero-order chi connectivity index (χ0) is 44.7. The summed E-state index contributed by atoms with van der Waals surface area (Å²) >= 11 is 0. The fourth-order valence-corrected chi connectivity index (χ4v) is 6.96. The fourth-order valence-electron chi connectivity index (χ4n) is 6.96. The maximum Gasteiger partial charge on any atom is 0.355 e. The molecule has 8 heteroatoms. The van der Waals surface area contributed by atoms with Crippen LogP contribution >= 0.6 is 0 Å². The zero-order valence-corrected chi connectivity index (χ0v) is 36.9. The number of esters is 2. The molecule has 0 fully saturated rings. The van der Waals surface area contributed by atoms with Crippen LogP contribution < -0.4 is 28.6 Å². The zero-order valence-electron chi connectivity index (χ0n) is 36.9. The molecule has 318 valence electrons. The fraction of sp³-hybridized carbons (Fsp3) is 0.164. The summed E-state index contributed by atoms with van der Waals surface area (Å²) in [5.41, 5.74) is 9.78. The van der Waals surface area contributed by atoms with Crippen LogP contribution in [0.1, 0.15) is 59.7 Å². The van der Waals surface area contributed by atoms with Crippen LogP contribution in [0.2, 0.25) is 0 Å². The summed E-state index contributed by atoms with van der Waals surface area (Å²) in [4.78, 5) is 27.2. The van der Waals surface area contributed by atoms with E-state index in [9.17, 15) is 9.59 Å². The van der Waals surface area contributed by atoms with E-state index in [4.69, 9.17) is 23.7 Å². The Morgan fingerprint density at radius 2 is 0.968 bits per heavy atom. The number of nitrogens with zero attached hydrogens (tertiary/aromatic N) is 1. The Balaban J connectivity index is 1.08. The molecular formula is C55H51NO7. The van der Waals surface area contributed by atoms with Gasteiger partial charge in [0.05, 0.1) is 7.11 Å². The average Bonchev–Trinajstić information content (AvgIpc) is 3.27. The first-order valence-electron chi connectivity index (χ1n) is 20.7. The van der Waals surface area contributed by atoms with Gasteiger partial charge in [-0.3, -0.25) is 4.79 Å². The van der Waals surface area contributed by atoms with E-state index in [2.05, 4.69) is 97.6 Å². The summed E-state index contributed by atoms with van der Waals surface area (Å²) in [7, 11) is 1.65. The molecule has 63 heavy (non-hydrogen) atoms. The molecule has 0 N–H and O–H groups in total. The van der Waals surface area contributed by atoms with E-state index in [-0.39, 0.29) is 5.97 Å². The standard InChI is InChI=1S/C55H51NO7/c1-36-9-19-44(20-10-36)56(45-21-11-37(2)12-22-45)46-23-13-41(14-24-46)35-51(42-15-25-47(59-8)26-16-42)43-17-27-48(28-18-43)62-54(58)55(6,7)63-53-32-30-50(34-39(53)4)61-49-29-31-52(38(3)33-49)60-40(5)57/h9-35H,1-8H3. The topological polar surface area (TPSA) is 83.5 Å². The number of benzene rings is 7. The van der Waals surface area contributed by atoms with E-state index in [1.165, 1.54) is 18.1 Å². The van der Waals surface area contributed by atoms with Crippen LogP contribution in [-0.2, 0) is 9.59 Å². The summed E-state index contributed by atoms with van der Waals surface area (Å²) in [5.74, 6) is 2.39. The Kier molecular flexibility index (Phi) is 13.1. The largest absolute Gasteiger partial charge is 0.497 e. The van der Waals surface area contributed by atoms with Crippen molar-refractivity contribution in [2.24, 2.45) is 0 Å². The van der Waals surface area contributed by atoms with Crippen LogP contribution in [0.15, 0.2) is 158 Å². The molecule has 0 aliphatic rings. The highest BCUT2D eigenvalue weighted by molar-refractivity contribution is 5.92. The van der Waals surface area contributed by atoms with Gasteiger partial charge >= 0.3 is 11.9 Å². The molecule has 0 heterocycles. The molecule has 0 radical (unpaired) electrons. The van der Waals surface area contributed by atoms with Gasteiger partial charge in [0, 0.05) is 24.0 Å². The lowest BCUT2D eigenvalue weighted by molar-refractivity contribution is -0.149. The molecule has 0 aliphatic heterocycles. The summed E-state index contributed by atoms with van der Waals surface area (Å²) in [6, 6.07) is 51.7. The molecule has 0 atom stereocenters. The minimum Gasteiger partial charge on any atom is -0.497 e. The third-order valence-electron chi connectivity index (χ3n) is 10.5. The molecule has 0 aromatic heterocycles. The highest BCUT2D eigenvalue weighted by Gasteiger charge is 2.33. The Labute approximate surface area is 369 Å². The second kappa shape index (κ2) is 19.0. The minimum atomic E-state index is -1.32. The summed E-state index contributed by atoms with van der Waals surface area (Å²) in [6.07, 6.45) is 2.16. The van der Waals surface area contributed by atoms with Gasteiger partial charge in [0.25, 0.3) is 0 Å². The first kappa shape index (κ1) is 43.5. The van der Waals surface area contributed by atoms with Gasteiger partial charge in [0.15, 0.2) is 0 Å². The SMILES string of the molecule is COc1ccc(C(=Cc2ccc(N(c3ccc(C)cc3)c3ccc(C)cc3)cc2)c2ccc(OC(=O)C(C)(C)Oc3ccc(Oc4ccc(OC(C)=O)c(C)c4)cc3C)cc2)cc1. The van der Waals surface area contributed by atoms with Gasteiger partial charge in [-0.05, 0) is 178 Å². The van der Waals surface area contributed by atoms with Gasteiger partial charge in [-0.2, -0.15) is 0 Å². The van der Waals surface area contributed by atoms with E-state index in [1.54, 1.807) is 63.4 Å². The van der Waals surface area contributed by atoms with Crippen molar-refractivity contribution in [1.29, 1.82) is 0 Å². The molecule has 0 saturated carbocycles. The summed E-state index contributed by atoms with van der Waals surface area (Å²) in [6.45, 7) is 12.6. The number of anilines is 3. The van der Waals surface area contributed by atoms with E-state index >= 15 is 0 Å². The molecule has 0 aliphatic carbocycles. The van der Waals surface area contributed by atoms with Crippen molar-refractivity contribution in [2.75, 3.05) is 12.0 Å². The van der Waals surface area contributed by atoms with Crippen molar-refractivity contribution in [3.05, 3.63) is 197 Å². The maximum absolute atomic E-state index is 13.6. The highest BCUT2D eigenvalue weighted by atomic mass is 16.6. The third kappa shape index (κ3) is 10.8. The third-order valence-corrected chi connectivity index (χ3v) is 10.5. The number of ether oxygens (including phenoxy) is 5. The second-order valence-electron chi connectivity index (χ2n) is 16.0. The van der Waals surface area contributed by atoms with Crippen molar-refractivity contribution in [2.45, 2.75) is 54.1 Å².